The molecule has 0 radical (unpaired) electrons. The van der Waals surface area contributed by atoms with Gasteiger partial charge in [0.05, 0.1) is 25.4 Å². The highest BCUT2D eigenvalue weighted by atomic mass is 19.1. The highest BCUT2D eigenvalue weighted by molar-refractivity contribution is 5.99. The van der Waals surface area contributed by atoms with Crippen LogP contribution in [0.4, 0.5) is 20.8 Å². The molecule has 4 rings (SSSR count). The maximum atomic E-state index is 14.7. The molecule has 32 heavy (non-hydrogen) atoms. The van der Waals surface area contributed by atoms with E-state index in [4.69, 9.17) is 4.74 Å². The summed E-state index contributed by atoms with van der Waals surface area (Å²) in [6.45, 7) is 3.96. The lowest BCUT2D eigenvalue weighted by Crippen LogP contribution is -2.44. The molecule has 2 aromatic heterocycles. The van der Waals surface area contributed by atoms with Gasteiger partial charge in [-0.2, -0.15) is 0 Å². The van der Waals surface area contributed by atoms with Gasteiger partial charge in [-0.05, 0) is 61.9 Å². The average molecular weight is 442 g/mol. The van der Waals surface area contributed by atoms with Gasteiger partial charge in [0.25, 0.3) is 0 Å². The number of hydrogen-bond acceptors (Lipinski definition) is 5. The highest BCUT2D eigenvalue weighted by Gasteiger charge is 2.43. The van der Waals surface area contributed by atoms with E-state index < -0.39 is 24.2 Å². The third kappa shape index (κ3) is 4.81. The SMILES string of the molecule is CCOc1ccc(N2C[C@H]([C@@H](F)CC)N(CC(=O)Nc3cc(C4CC4)ccn3)C2=O)nc1. The Bertz CT molecular complexity index is 966. The zero-order valence-corrected chi connectivity index (χ0v) is 18.3. The minimum absolute atomic E-state index is 0.123. The van der Waals surface area contributed by atoms with E-state index in [-0.39, 0.29) is 19.5 Å². The summed E-state index contributed by atoms with van der Waals surface area (Å²) >= 11 is 0. The number of nitrogens with zero attached hydrogens (tertiary/aromatic N) is 4. The summed E-state index contributed by atoms with van der Waals surface area (Å²) in [7, 11) is 0. The van der Waals surface area contributed by atoms with E-state index in [0.29, 0.717) is 29.9 Å². The van der Waals surface area contributed by atoms with Crippen LogP contribution in [-0.4, -0.2) is 58.7 Å². The van der Waals surface area contributed by atoms with Gasteiger partial charge in [-0.25, -0.2) is 19.2 Å². The van der Waals surface area contributed by atoms with Crippen molar-refractivity contribution in [1.82, 2.24) is 14.9 Å². The van der Waals surface area contributed by atoms with Gasteiger partial charge in [0.1, 0.15) is 30.1 Å². The number of aromatic nitrogens is 2. The van der Waals surface area contributed by atoms with Crippen LogP contribution in [0.2, 0.25) is 0 Å². The second-order valence-corrected chi connectivity index (χ2v) is 8.09. The first-order chi connectivity index (χ1) is 15.5. The van der Waals surface area contributed by atoms with E-state index in [1.54, 1.807) is 25.3 Å². The quantitative estimate of drug-likeness (QED) is 0.640. The molecule has 0 spiro atoms. The predicted molar refractivity (Wildman–Crippen MR) is 119 cm³/mol. The van der Waals surface area contributed by atoms with Crippen LogP contribution in [0.15, 0.2) is 36.7 Å². The standard InChI is InChI=1S/C23H28FN5O3/c1-3-18(24)19-13-29(21-8-7-17(12-26-21)32-4-2)23(31)28(19)14-22(30)27-20-11-16(9-10-25-20)15-5-6-15/h7-12,15,18-19H,3-6,13-14H2,1-2H3,(H,25,27,30)/t18-,19+/m0/s1. The monoisotopic (exact) mass is 441 g/mol. The van der Waals surface area contributed by atoms with Crippen LogP contribution in [0.5, 0.6) is 5.75 Å². The normalized spacial score (nSPS) is 19.2. The number of halogens is 1. The molecule has 0 unspecified atom stereocenters. The second kappa shape index (κ2) is 9.50. The third-order valence-electron chi connectivity index (χ3n) is 5.78. The van der Waals surface area contributed by atoms with Crippen molar-refractivity contribution in [3.05, 3.63) is 42.2 Å². The van der Waals surface area contributed by atoms with Crippen LogP contribution in [0.25, 0.3) is 0 Å². The minimum Gasteiger partial charge on any atom is -0.492 e. The molecule has 9 heteroatoms. The number of pyridine rings is 2. The molecule has 170 valence electrons. The molecule has 2 atom stereocenters. The number of anilines is 2. The Balaban J connectivity index is 1.47. The second-order valence-electron chi connectivity index (χ2n) is 8.09. The number of rotatable bonds is 9. The van der Waals surface area contributed by atoms with Crippen LogP contribution in [0, 0.1) is 0 Å². The molecule has 1 saturated heterocycles. The molecule has 2 fully saturated rings. The van der Waals surface area contributed by atoms with Crippen LogP contribution in [-0.2, 0) is 4.79 Å². The van der Waals surface area contributed by atoms with Crippen molar-refractivity contribution in [2.24, 2.45) is 0 Å². The first kappa shape index (κ1) is 22.0. The van der Waals surface area contributed by atoms with Gasteiger partial charge in [-0.15, -0.1) is 0 Å². The van der Waals surface area contributed by atoms with Crippen molar-refractivity contribution in [3.8, 4) is 5.75 Å². The molecular weight excluding hydrogens is 413 g/mol. The first-order valence-electron chi connectivity index (χ1n) is 11.1. The van der Waals surface area contributed by atoms with E-state index in [2.05, 4.69) is 15.3 Å². The highest BCUT2D eigenvalue weighted by Crippen LogP contribution is 2.40. The molecule has 3 amide bonds. The Morgan fingerprint density at radius 3 is 2.75 bits per heavy atom. The smallest absolute Gasteiger partial charge is 0.326 e. The molecule has 3 heterocycles. The summed E-state index contributed by atoms with van der Waals surface area (Å²) in [5, 5.41) is 2.75. The fourth-order valence-electron chi connectivity index (χ4n) is 3.93. The van der Waals surface area contributed by atoms with Crippen molar-refractivity contribution in [3.63, 3.8) is 0 Å². The number of ether oxygens (including phenoxy) is 1. The molecule has 8 nitrogen and oxygen atoms in total. The van der Waals surface area contributed by atoms with Crippen LogP contribution in [0.3, 0.4) is 0 Å². The van der Waals surface area contributed by atoms with E-state index in [1.807, 2.05) is 19.1 Å². The number of urea groups is 1. The largest absolute Gasteiger partial charge is 0.492 e. The number of hydrogen-bond donors (Lipinski definition) is 1. The third-order valence-corrected chi connectivity index (χ3v) is 5.78. The summed E-state index contributed by atoms with van der Waals surface area (Å²) in [5.74, 6) is 1.56. The first-order valence-corrected chi connectivity index (χ1v) is 11.1. The Morgan fingerprint density at radius 1 is 1.28 bits per heavy atom. The predicted octanol–water partition coefficient (Wildman–Crippen LogP) is 3.75. The van der Waals surface area contributed by atoms with Gasteiger partial charge in [-0.1, -0.05) is 6.92 Å². The van der Waals surface area contributed by atoms with E-state index in [0.717, 1.165) is 18.4 Å². The van der Waals surface area contributed by atoms with Gasteiger partial charge in [0, 0.05) is 6.20 Å². The van der Waals surface area contributed by atoms with E-state index >= 15 is 0 Å². The summed E-state index contributed by atoms with van der Waals surface area (Å²) in [6, 6.07) is 6.00. The van der Waals surface area contributed by atoms with E-state index in [1.165, 1.54) is 16.0 Å². The van der Waals surface area contributed by atoms with Crippen molar-refractivity contribution in [1.29, 1.82) is 0 Å². The number of carbonyl (C=O) groups is 2. The van der Waals surface area contributed by atoms with Crippen molar-refractivity contribution in [2.45, 2.75) is 51.2 Å². The molecule has 1 aliphatic heterocycles. The van der Waals surface area contributed by atoms with Gasteiger partial charge in [-0.3, -0.25) is 9.69 Å². The number of nitrogens with one attached hydrogen (secondary N) is 1. The van der Waals surface area contributed by atoms with Gasteiger partial charge < -0.3 is 15.0 Å². The fourth-order valence-corrected chi connectivity index (χ4v) is 3.93. The maximum absolute atomic E-state index is 14.7. The number of carbonyl (C=O) groups excluding carboxylic acids is 2. The molecule has 2 aromatic rings. The number of amides is 3. The lowest BCUT2D eigenvalue weighted by Gasteiger charge is -2.24. The Kier molecular flexibility index (Phi) is 6.53. The topological polar surface area (TPSA) is 87.7 Å². The van der Waals surface area contributed by atoms with Crippen molar-refractivity contribution < 1.29 is 18.7 Å². The molecule has 1 saturated carbocycles. The van der Waals surface area contributed by atoms with Crippen molar-refractivity contribution >= 4 is 23.6 Å². The van der Waals surface area contributed by atoms with Crippen LogP contribution < -0.4 is 15.0 Å². The maximum Gasteiger partial charge on any atom is 0.326 e. The Morgan fingerprint density at radius 2 is 2.09 bits per heavy atom. The summed E-state index contributed by atoms with van der Waals surface area (Å²) in [5.41, 5.74) is 1.15. The molecule has 0 aromatic carbocycles. The van der Waals surface area contributed by atoms with Gasteiger partial charge in [0.2, 0.25) is 5.91 Å². The summed E-state index contributed by atoms with van der Waals surface area (Å²) < 4.78 is 20.1. The van der Waals surface area contributed by atoms with Gasteiger partial charge >= 0.3 is 6.03 Å². The summed E-state index contributed by atoms with van der Waals surface area (Å²) in [4.78, 5) is 37.0. The van der Waals surface area contributed by atoms with Crippen LogP contribution in [0.1, 0.15) is 44.6 Å². The zero-order valence-electron chi connectivity index (χ0n) is 18.3. The van der Waals surface area contributed by atoms with Crippen LogP contribution >= 0.6 is 0 Å². The molecular formula is C23H28FN5O3. The van der Waals surface area contributed by atoms with Crippen molar-refractivity contribution in [2.75, 3.05) is 29.9 Å². The summed E-state index contributed by atoms with van der Waals surface area (Å²) in [6.07, 6.45) is 4.47. The lowest BCUT2D eigenvalue weighted by atomic mass is 10.1. The van der Waals surface area contributed by atoms with E-state index in [9.17, 15) is 14.0 Å². The Hall–Kier alpha value is -3.23. The number of alkyl halides is 1. The molecule has 1 N–H and O–H groups in total. The minimum atomic E-state index is -1.25. The zero-order chi connectivity index (χ0) is 22.7. The fraction of sp³-hybridized carbons (Fsp3) is 0.478. The lowest BCUT2D eigenvalue weighted by molar-refractivity contribution is -0.117. The molecule has 1 aliphatic carbocycles. The molecule has 0 bridgehead atoms. The Labute approximate surface area is 186 Å². The molecule has 2 aliphatic rings. The average Bonchev–Trinajstić information content (AvgIpc) is 3.60. The van der Waals surface area contributed by atoms with Gasteiger partial charge in [0.15, 0.2) is 0 Å².